The van der Waals surface area contributed by atoms with E-state index in [2.05, 4.69) is 47.8 Å². The minimum Gasteiger partial charge on any atom is -0.466 e. The number of carbonyl (C=O) groups is 5. The first-order valence-corrected chi connectivity index (χ1v) is 19.3. The number of ether oxygens (including phenoxy) is 5. The van der Waals surface area contributed by atoms with E-state index < -0.39 is 39.7 Å². The van der Waals surface area contributed by atoms with Gasteiger partial charge in [-0.1, -0.05) is 111 Å². The molecule has 0 fully saturated rings. The highest BCUT2D eigenvalue weighted by Crippen LogP contribution is 2.11. The van der Waals surface area contributed by atoms with E-state index in [9.17, 15) is 36.9 Å². The van der Waals surface area contributed by atoms with Gasteiger partial charge in [-0.3, -0.25) is 14.1 Å². The van der Waals surface area contributed by atoms with Crippen LogP contribution in [0.2, 0.25) is 0 Å². The van der Waals surface area contributed by atoms with Gasteiger partial charge in [-0.2, -0.15) is 8.42 Å². The van der Waals surface area contributed by atoms with Crippen LogP contribution < -0.4 is 0 Å². The van der Waals surface area contributed by atoms with Gasteiger partial charge in [0.15, 0.2) is 5.25 Å². The Morgan fingerprint density at radius 3 is 1.42 bits per heavy atom. The number of carbonyl (C=O) groups excluding carboxylic acids is 5. The lowest BCUT2D eigenvalue weighted by atomic mass is 10.1. The molecule has 0 saturated carbocycles. The molecule has 0 rings (SSSR count). The molecule has 0 aromatic heterocycles. The summed E-state index contributed by atoms with van der Waals surface area (Å²) in [5.41, 5.74) is 0.433. The molecule has 2 N–H and O–H groups in total. The fourth-order valence-corrected chi connectivity index (χ4v) is 4.15. The van der Waals surface area contributed by atoms with E-state index >= 15 is 0 Å². The molecule has 15 heteroatoms. The first-order valence-electron chi connectivity index (χ1n) is 17.8. The zero-order chi connectivity index (χ0) is 40.6. The second-order valence-electron chi connectivity index (χ2n) is 11.2. The van der Waals surface area contributed by atoms with E-state index in [1.807, 2.05) is 6.92 Å². The molecule has 0 bridgehead atoms. The minimum atomic E-state index is -4.73. The van der Waals surface area contributed by atoms with Crippen LogP contribution in [0, 0.1) is 0 Å². The molecule has 1 atom stereocenters. The number of aliphatic hydroxyl groups is 1. The van der Waals surface area contributed by atoms with Gasteiger partial charge >= 0.3 is 29.8 Å². The number of hydrogen-bond donors (Lipinski definition) is 2. The second kappa shape index (κ2) is 40.2. The lowest BCUT2D eigenvalue weighted by molar-refractivity contribution is -0.150. The van der Waals surface area contributed by atoms with Gasteiger partial charge in [-0.25, -0.2) is 14.4 Å². The number of esters is 5. The van der Waals surface area contributed by atoms with Crippen LogP contribution in [0.15, 0.2) is 37.5 Å². The lowest BCUT2D eigenvalue weighted by Crippen LogP contribution is -2.34. The van der Waals surface area contributed by atoms with Crippen molar-refractivity contribution in [1.29, 1.82) is 0 Å². The average Bonchev–Trinajstić information content (AvgIpc) is 3.11. The minimum absolute atomic E-state index is 0.0465. The van der Waals surface area contributed by atoms with Crippen molar-refractivity contribution in [3.8, 4) is 0 Å². The normalized spacial score (nSPS) is 10.5. The predicted molar refractivity (Wildman–Crippen MR) is 200 cm³/mol. The van der Waals surface area contributed by atoms with Crippen LogP contribution in [0.1, 0.15) is 124 Å². The molecule has 0 spiro atoms. The maximum atomic E-state index is 12.0. The van der Waals surface area contributed by atoms with Crippen molar-refractivity contribution in [3.63, 3.8) is 0 Å². The Bertz CT molecular complexity index is 1090. The van der Waals surface area contributed by atoms with Crippen molar-refractivity contribution in [1.82, 2.24) is 0 Å². The van der Waals surface area contributed by atoms with Crippen molar-refractivity contribution >= 4 is 40.0 Å². The molecule has 1 unspecified atom stereocenters. The van der Waals surface area contributed by atoms with Crippen LogP contribution in [-0.4, -0.2) is 93.3 Å². The predicted octanol–water partition coefficient (Wildman–Crippen LogP) is 6.40. The SMILES string of the molecule is C=C(C)C(=O)OC.C=CC(=O)OCCCC.C=CC(=O)OCCO.CCCCCCCCOC(=O)CC(C(=O)OCCCCCCCC)S(=O)(=O)O. The Labute approximate surface area is 312 Å². The van der Waals surface area contributed by atoms with Gasteiger partial charge in [0.25, 0.3) is 10.1 Å². The Kier molecular flexibility index (Phi) is 42.7. The van der Waals surface area contributed by atoms with Crippen molar-refractivity contribution in [2.45, 2.75) is 129 Å². The van der Waals surface area contributed by atoms with Crippen LogP contribution in [0.3, 0.4) is 0 Å². The van der Waals surface area contributed by atoms with Gasteiger partial charge in [-0.15, -0.1) is 0 Å². The lowest BCUT2D eigenvalue weighted by Gasteiger charge is -2.13. The number of aliphatic hydroxyl groups excluding tert-OH is 1. The summed E-state index contributed by atoms with van der Waals surface area (Å²) in [6.45, 7) is 18.3. The quantitative estimate of drug-likeness (QED) is 0.0321. The van der Waals surface area contributed by atoms with E-state index in [0.717, 1.165) is 76.7 Å². The molecule has 0 aromatic rings. The summed E-state index contributed by atoms with van der Waals surface area (Å²) in [6.07, 6.45) is 15.6. The van der Waals surface area contributed by atoms with Crippen molar-refractivity contribution in [3.05, 3.63) is 37.5 Å². The first-order chi connectivity index (χ1) is 24.6. The van der Waals surface area contributed by atoms with Gasteiger partial charge < -0.3 is 28.8 Å². The molecule has 0 aromatic carbocycles. The van der Waals surface area contributed by atoms with Gasteiger partial charge in [0.05, 0.1) is 40.0 Å². The summed E-state index contributed by atoms with van der Waals surface area (Å²) >= 11 is 0. The molecule has 0 aliphatic heterocycles. The zero-order valence-electron chi connectivity index (χ0n) is 32.2. The smallest absolute Gasteiger partial charge is 0.332 e. The van der Waals surface area contributed by atoms with E-state index in [0.29, 0.717) is 25.0 Å². The zero-order valence-corrected chi connectivity index (χ0v) is 33.0. The van der Waals surface area contributed by atoms with E-state index in [4.69, 9.17) is 14.6 Å². The van der Waals surface area contributed by atoms with Crippen LogP contribution in [0.4, 0.5) is 0 Å². The third-order valence-corrected chi connectivity index (χ3v) is 7.50. The Morgan fingerprint density at radius 1 is 0.654 bits per heavy atom. The highest BCUT2D eigenvalue weighted by atomic mass is 32.2. The van der Waals surface area contributed by atoms with E-state index in [1.54, 1.807) is 6.92 Å². The monoisotopic (exact) mass is 766 g/mol. The maximum Gasteiger partial charge on any atom is 0.332 e. The highest BCUT2D eigenvalue weighted by molar-refractivity contribution is 7.87. The molecule has 0 saturated heterocycles. The van der Waals surface area contributed by atoms with Crippen LogP contribution in [0.5, 0.6) is 0 Å². The molecule has 0 amide bonds. The molecule has 52 heavy (non-hydrogen) atoms. The Balaban J connectivity index is -0.000000385. The number of hydrogen-bond acceptors (Lipinski definition) is 13. The Hall–Kier alpha value is -3.56. The summed E-state index contributed by atoms with van der Waals surface area (Å²) in [7, 11) is -3.40. The molecule has 0 radical (unpaired) electrons. The van der Waals surface area contributed by atoms with Crippen LogP contribution >= 0.6 is 0 Å². The van der Waals surface area contributed by atoms with E-state index in [-0.39, 0.29) is 38.4 Å². The largest absolute Gasteiger partial charge is 0.466 e. The summed E-state index contributed by atoms with van der Waals surface area (Å²) in [4.78, 5) is 54.4. The number of methoxy groups -OCH3 is 1. The maximum absolute atomic E-state index is 12.0. The van der Waals surface area contributed by atoms with Crippen LogP contribution in [0.25, 0.3) is 0 Å². The molecule has 0 aliphatic rings. The fraction of sp³-hybridized carbons (Fsp3) is 0.703. The Morgan fingerprint density at radius 2 is 1.06 bits per heavy atom. The van der Waals surface area contributed by atoms with Crippen molar-refractivity contribution in [2.75, 3.05) is 40.1 Å². The average molecular weight is 767 g/mol. The summed E-state index contributed by atoms with van der Waals surface area (Å²) in [5, 5.41) is 6.17. The fourth-order valence-electron chi connectivity index (χ4n) is 3.49. The summed E-state index contributed by atoms with van der Waals surface area (Å²) in [6, 6.07) is 0. The topological polar surface area (TPSA) is 206 Å². The third kappa shape index (κ3) is 42.6. The third-order valence-electron chi connectivity index (χ3n) is 6.42. The van der Waals surface area contributed by atoms with E-state index in [1.165, 1.54) is 19.6 Å². The second-order valence-corrected chi connectivity index (χ2v) is 12.8. The molecular formula is C37H66O14S. The van der Waals surface area contributed by atoms with Gasteiger partial charge in [0.1, 0.15) is 6.61 Å². The van der Waals surface area contributed by atoms with Gasteiger partial charge in [0.2, 0.25) is 0 Å². The van der Waals surface area contributed by atoms with Gasteiger partial charge in [0, 0.05) is 17.7 Å². The molecule has 0 aliphatic carbocycles. The summed E-state index contributed by atoms with van der Waals surface area (Å²) in [5.74, 6) is -3.11. The molecule has 0 heterocycles. The number of unbranched alkanes of at least 4 members (excludes halogenated alkanes) is 11. The first kappa shape index (κ1) is 55.2. The van der Waals surface area contributed by atoms with Crippen molar-refractivity contribution < 1.29 is 65.7 Å². The molecular weight excluding hydrogens is 700 g/mol. The molecule has 14 nitrogen and oxygen atoms in total. The standard InChI is InChI=1S/C20H38O7S.C7H12O2.C5H8O3.C5H8O2/c1-3-5-7-9-11-13-15-26-19(21)17-18(28(23,24)25)20(22)27-16-14-12-10-8-6-4-2;1-3-5-6-9-7(8)4-2;1-2-5(7)8-4-3-6;1-4(2)5(6)7-3/h18H,3-17H2,1-2H3,(H,23,24,25);4H,2-3,5-6H2,1H3;2,6H,1,3-4H2;1H2,2-3H3. The van der Waals surface area contributed by atoms with Crippen molar-refractivity contribution in [2.24, 2.45) is 0 Å². The van der Waals surface area contributed by atoms with Crippen LogP contribution in [-0.2, 0) is 57.8 Å². The van der Waals surface area contributed by atoms with Gasteiger partial charge in [-0.05, 0) is 26.2 Å². The highest BCUT2D eigenvalue weighted by Gasteiger charge is 2.35. The summed E-state index contributed by atoms with van der Waals surface area (Å²) < 4.78 is 55.3. The molecule has 304 valence electrons. The number of rotatable bonds is 26.